The van der Waals surface area contributed by atoms with Crippen molar-refractivity contribution in [2.75, 3.05) is 13.2 Å². The molecule has 0 amide bonds. The summed E-state index contributed by atoms with van der Waals surface area (Å²) in [6, 6.07) is 0. The number of ether oxygens (including phenoxy) is 3. The SMILES string of the molecule is CCCC(=O)c1c(O)c([C@H]2O[C@H](CO)[C@@H](O)[C@H](O)[C@H]2O)c(O)c(C)c1O[C@H]1O[C@@H](CO)[C@H](O)[C@@H](O)[C@@H]1O. The molecule has 2 saturated heterocycles. The van der Waals surface area contributed by atoms with Crippen molar-refractivity contribution >= 4 is 5.78 Å². The third-order valence-electron chi connectivity index (χ3n) is 6.69. The van der Waals surface area contributed by atoms with Crippen molar-refractivity contribution in [3.63, 3.8) is 0 Å². The molecule has 10 atom stereocenters. The minimum atomic E-state index is -1.89. The van der Waals surface area contributed by atoms with Crippen molar-refractivity contribution in [3.05, 3.63) is 16.7 Å². The van der Waals surface area contributed by atoms with Gasteiger partial charge in [-0.1, -0.05) is 6.92 Å². The second kappa shape index (κ2) is 11.7. The molecular weight excluding hydrogens is 500 g/mol. The molecule has 0 saturated carbocycles. The Labute approximate surface area is 211 Å². The van der Waals surface area contributed by atoms with Crippen LogP contribution >= 0.6 is 0 Å². The molecule has 2 fully saturated rings. The number of phenols is 2. The minimum absolute atomic E-state index is 0.114. The number of hydrogen-bond acceptors (Lipinski definition) is 14. The van der Waals surface area contributed by atoms with E-state index in [9.17, 15) is 55.9 Å². The predicted molar refractivity (Wildman–Crippen MR) is 121 cm³/mol. The second-order valence-corrected chi connectivity index (χ2v) is 9.18. The van der Waals surface area contributed by atoms with Crippen LogP contribution in [0.2, 0.25) is 0 Å². The summed E-state index contributed by atoms with van der Waals surface area (Å²) in [6.45, 7) is 1.42. The van der Waals surface area contributed by atoms with E-state index in [1.807, 2.05) is 0 Å². The van der Waals surface area contributed by atoms with Crippen LogP contribution in [0.15, 0.2) is 0 Å². The first kappa shape index (κ1) is 29.4. The van der Waals surface area contributed by atoms with Crippen LogP contribution in [-0.4, -0.2) is 125 Å². The fourth-order valence-corrected chi connectivity index (χ4v) is 4.50. The second-order valence-electron chi connectivity index (χ2n) is 9.18. The summed E-state index contributed by atoms with van der Waals surface area (Å²) in [4.78, 5) is 13.1. The van der Waals surface area contributed by atoms with E-state index in [4.69, 9.17) is 14.2 Å². The van der Waals surface area contributed by atoms with E-state index in [-0.39, 0.29) is 12.0 Å². The number of carbonyl (C=O) groups is 1. The van der Waals surface area contributed by atoms with E-state index < -0.39 is 109 Å². The topological polar surface area (TPSA) is 247 Å². The number of aromatic hydroxyl groups is 2. The highest BCUT2D eigenvalue weighted by molar-refractivity contribution is 6.02. The zero-order valence-corrected chi connectivity index (χ0v) is 20.2. The average Bonchev–Trinajstić information content (AvgIpc) is 2.87. The Balaban J connectivity index is 2.14. The van der Waals surface area contributed by atoms with Crippen LogP contribution in [0, 0.1) is 6.92 Å². The maximum atomic E-state index is 13.1. The standard InChI is InChI=1S/C23H34O14/c1-3-4-8(26)11-16(30)12(22-19(33)17(31)14(28)9(5-24)35-22)13(27)7(2)21(11)37-23-20(34)18(32)15(29)10(6-25)36-23/h9-10,14-15,17-20,22-25,27-34H,3-6H2,1-2H3/t9-,10+,14-,15+,17+,18-,19-,20+,22-,23-/m1/s1. The van der Waals surface area contributed by atoms with Gasteiger partial charge in [0.25, 0.3) is 0 Å². The predicted octanol–water partition coefficient (Wildman–Crippen LogP) is -2.92. The quantitative estimate of drug-likeness (QED) is 0.150. The molecule has 0 aliphatic carbocycles. The summed E-state index contributed by atoms with van der Waals surface area (Å²) in [7, 11) is 0. The number of Topliss-reactive ketones (excluding diaryl/α,β-unsaturated/α-hetero) is 1. The van der Waals surface area contributed by atoms with Gasteiger partial charge >= 0.3 is 0 Å². The minimum Gasteiger partial charge on any atom is -0.507 e. The van der Waals surface area contributed by atoms with Crippen molar-refractivity contribution in [3.8, 4) is 17.2 Å². The highest BCUT2D eigenvalue weighted by atomic mass is 16.7. The zero-order chi connectivity index (χ0) is 27.8. The van der Waals surface area contributed by atoms with Gasteiger partial charge < -0.3 is 65.3 Å². The molecule has 2 aliphatic heterocycles. The fraction of sp³-hybridized carbons (Fsp3) is 0.696. The molecule has 10 N–H and O–H groups in total. The van der Waals surface area contributed by atoms with E-state index in [0.717, 1.165) is 0 Å². The molecule has 0 spiro atoms. The van der Waals surface area contributed by atoms with Crippen LogP contribution in [0.25, 0.3) is 0 Å². The number of hydrogen-bond donors (Lipinski definition) is 10. The third kappa shape index (κ3) is 5.27. The molecule has 0 bridgehead atoms. The Bertz CT molecular complexity index is 965. The van der Waals surface area contributed by atoms with Gasteiger partial charge in [0.2, 0.25) is 6.29 Å². The Hall–Kier alpha value is -2.11. The highest BCUT2D eigenvalue weighted by Gasteiger charge is 2.48. The molecule has 2 aliphatic rings. The molecule has 1 aromatic rings. The normalized spacial score (nSPS) is 36.4. The van der Waals surface area contributed by atoms with Crippen LogP contribution < -0.4 is 4.74 Å². The summed E-state index contributed by atoms with van der Waals surface area (Å²) in [5.41, 5.74) is -1.21. The molecule has 1 aromatic carbocycles. The van der Waals surface area contributed by atoms with Gasteiger partial charge in [-0.25, -0.2) is 0 Å². The molecular formula is C23H34O14. The number of ketones is 1. The molecule has 37 heavy (non-hydrogen) atoms. The van der Waals surface area contributed by atoms with Gasteiger partial charge in [-0.2, -0.15) is 0 Å². The lowest BCUT2D eigenvalue weighted by atomic mass is 9.87. The molecule has 14 heteroatoms. The van der Waals surface area contributed by atoms with E-state index in [1.165, 1.54) is 6.92 Å². The molecule has 14 nitrogen and oxygen atoms in total. The van der Waals surface area contributed by atoms with Crippen molar-refractivity contribution in [2.24, 2.45) is 0 Å². The maximum Gasteiger partial charge on any atom is 0.229 e. The first-order valence-electron chi connectivity index (χ1n) is 11.8. The van der Waals surface area contributed by atoms with Crippen LogP contribution in [0.3, 0.4) is 0 Å². The zero-order valence-electron chi connectivity index (χ0n) is 20.2. The molecule has 2 heterocycles. The summed E-state index contributed by atoms with van der Waals surface area (Å²) >= 11 is 0. The Morgan fingerprint density at radius 3 is 1.89 bits per heavy atom. The number of aliphatic hydroxyl groups excluding tert-OH is 8. The Morgan fingerprint density at radius 1 is 0.811 bits per heavy atom. The summed E-state index contributed by atoms with van der Waals surface area (Å²) in [6.07, 6.45) is -16.7. The number of phenolic OH excluding ortho intramolecular Hbond substituents is 2. The van der Waals surface area contributed by atoms with Crippen LogP contribution in [-0.2, 0) is 9.47 Å². The number of aliphatic hydroxyl groups is 8. The Kier molecular flexibility index (Phi) is 9.34. The molecule has 3 rings (SSSR count). The highest BCUT2D eigenvalue weighted by Crippen LogP contribution is 2.49. The van der Waals surface area contributed by atoms with E-state index >= 15 is 0 Å². The summed E-state index contributed by atoms with van der Waals surface area (Å²) in [5.74, 6) is -2.78. The van der Waals surface area contributed by atoms with Crippen LogP contribution in [0.5, 0.6) is 17.2 Å². The van der Waals surface area contributed by atoms with Crippen LogP contribution in [0.1, 0.15) is 47.4 Å². The van der Waals surface area contributed by atoms with Gasteiger partial charge in [-0.05, 0) is 13.3 Å². The maximum absolute atomic E-state index is 13.1. The van der Waals surface area contributed by atoms with Crippen molar-refractivity contribution < 1.29 is 70.1 Å². The first-order chi connectivity index (χ1) is 17.4. The van der Waals surface area contributed by atoms with Gasteiger partial charge in [-0.3, -0.25) is 4.79 Å². The van der Waals surface area contributed by atoms with E-state index in [1.54, 1.807) is 6.92 Å². The van der Waals surface area contributed by atoms with Gasteiger partial charge in [0.1, 0.15) is 77.7 Å². The third-order valence-corrected chi connectivity index (χ3v) is 6.69. The van der Waals surface area contributed by atoms with Gasteiger partial charge in [-0.15, -0.1) is 0 Å². The van der Waals surface area contributed by atoms with Crippen molar-refractivity contribution in [2.45, 2.75) is 87.9 Å². The van der Waals surface area contributed by atoms with Crippen molar-refractivity contribution in [1.29, 1.82) is 0 Å². The molecule has 0 unspecified atom stereocenters. The van der Waals surface area contributed by atoms with Crippen molar-refractivity contribution in [1.82, 2.24) is 0 Å². The molecule has 210 valence electrons. The average molecular weight is 535 g/mol. The number of carbonyl (C=O) groups excluding carboxylic acids is 1. The number of benzene rings is 1. The molecule has 0 aromatic heterocycles. The fourth-order valence-electron chi connectivity index (χ4n) is 4.50. The van der Waals surface area contributed by atoms with Gasteiger partial charge in [0, 0.05) is 12.0 Å². The van der Waals surface area contributed by atoms with E-state index in [0.29, 0.717) is 6.42 Å². The smallest absolute Gasteiger partial charge is 0.229 e. The lowest BCUT2D eigenvalue weighted by Gasteiger charge is -2.41. The first-order valence-corrected chi connectivity index (χ1v) is 11.8. The summed E-state index contributed by atoms with van der Waals surface area (Å²) < 4.78 is 16.4. The van der Waals surface area contributed by atoms with E-state index in [2.05, 4.69) is 0 Å². The largest absolute Gasteiger partial charge is 0.507 e. The monoisotopic (exact) mass is 534 g/mol. The Morgan fingerprint density at radius 2 is 1.35 bits per heavy atom. The van der Waals surface area contributed by atoms with Crippen LogP contribution in [0.4, 0.5) is 0 Å². The lowest BCUT2D eigenvalue weighted by molar-refractivity contribution is -0.277. The van der Waals surface area contributed by atoms with Gasteiger partial charge in [0.15, 0.2) is 5.78 Å². The lowest BCUT2D eigenvalue weighted by Crippen LogP contribution is -2.60. The number of rotatable bonds is 8. The molecule has 0 radical (unpaired) electrons. The van der Waals surface area contributed by atoms with Gasteiger partial charge in [0.05, 0.1) is 18.8 Å². The summed E-state index contributed by atoms with van der Waals surface area (Å²) in [5, 5.41) is 102.